The summed E-state index contributed by atoms with van der Waals surface area (Å²) in [5.41, 5.74) is 1.30. The quantitative estimate of drug-likeness (QED) is 0.300. The average molecular weight is 434 g/mol. The number of nitrogens with one attached hydrogen (secondary N) is 2. The number of rotatable bonds is 7. The fourth-order valence-corrected chi connectivity index (χ4v) is 1.65. The Kier molecular flexibility index (Phi) is 10.2. The topological polar surface area (TPSA) is 48.9 Å². The van der Waals surface area contributed by atoms with Gasteiger partial charge in [-0.3, -0.25) is 4.99 Å². The zero-order valence-corrected chi connectivity index (χ0v) is 17.5. The van der Waals surface area contributed by atoms with Gasteiger partial charge in [0, 0.05) is 19.1 Å². The van der Waals surface area contributed by atoms with Crippen LogP contribution in [0.1, 0.15) is 19.4 Å². The van der Waals surface area contributed by atoms with Crippen LogP contribution in [0.4, 0.5) is 0 Å². The molecule has 0 amide bonds. The van der Waals surface area contributed by atoms with Crippen LogP contribution >= 0.6 is 24.0 Å². The number of hydrogen-bond donors (Lipinski definition) is 2. The number of benzene rings is 1. The molecular formula is C17H31IN4O. The summed E-state index contributed by atoms with van der Waals surface area (Å²) in [6, 6.07) is 8.07. The molecule has 1 rings (SSSR count). The highest BCUT2D eigenvalue weighted by molar-refractivity contribution is 14.0. The van der Waals surface area contributed by atoms with E-state index in [2.05, 4.69) is 55.4 Å². The molecule has 0 spiro atoms. The van der Waals surface area contributed by atoms with Crippen LogP contribution in [-0.4, -0.2) is 57.2 Å². The van der Waals surface area contributed by atoms with Crippen LogP contribution in [0.5, 0.6) is 5.75 Å². The molecule has 0 saturated heterocycles. The van der Waals surface area contributed by atoms with Crippen molar-refractivity contribution in [2.45, 2.75) is 26.3 Å². The SMILES string of the molecule is CN=C(NCCOc1ccc(C)cc1)NCC(C)(C)N(C)C.I. The summed E-state index contributed by atoms with van der Waals surface area (Å²) >= 11 is 0. The fourth-order valence-electron chi connectivity index (χ4n) is 1.65. The second-order valence-electron chi connectivity index (χ2n) is 6.22. The van der Waals surface area contributed by atoms with E-state index in [9.17, 15) is 0 Å². The molecule has 2 N–H and O–H groups in total. The first-order valence-corrected chi connectivity index (χ1v) is 7.66. The highest BCUT2D eigenvalue weighted by atomic mass is 127. The molecule has 23 heavy (non-hydrogen) atoms. The largest absolute Gasteiger partial charge is 0.492 e. The third-order valence-corrected chi connectivity index (χ3v) is 3.81. The Hall–Kier alpha value is -1.02. The second kappa shape index (κ2) is 10.7. The van der Waals surface area contributed by atoms with E-state index in [-0.39, 0.29) is 29.5 Å². The van der Waals surface area contributed by atoms with Crippen molar-refractivity contribution >= 4 is 29.9 Å². The molecule has 0 saturated carbocycles. The van der Waals surface area contributed by atoms with Crippen molar-refractivity contribution in [3.8, 4) is 5.75 Å². The van der Waals surface area contributed by atoms with E-state index in [0.717, 1.165) is 18.3 Å². The molecule has 0 fully saturated rings. The number of hydrogen-bond acceptors (Lipinski definition) is 3. The Balaban J connectivity index is 0.00000484. The van der Waals surface area contributed by atoms with Crippen LogP contribution in [0.15, 0.2) is 29.3 Å². The summed E-state index contributed by atoms with van der Waals surface area (Å²) in [6.45, 7) is 8.56. The van der Waals surface area contributed by atoms with Gasteiger partial charge in [0.15, 0.2) is 5.96 Å². The summed E-state index contributed by atoms with van der Waals surface area (Å²) in [5.74, 6) is 1.69. The molecule has 0 aliphatic rings. The Labute approximate surface area is 157 Å². The number of nitrogens with zero attached hydrogens (tertiary/aromatic N) is 2. The van der Waals surface area contributed by atoms with Gasteiger partial charge in [-0.1, -0.05) is 17.7 Å². The summed E-state index contributed by atoms with van der Waals surface area (Å²) < 4.78 is 5.69. The number of guanidine groups is 1. The maximum absolute atomic E-state index is 5.69. The lowest BCUT2D eigenvalue weighted by molar-refractivity contribution is 0.197. The minimum absolute atomic E-state index is 0. The second-order valence-corrected chi connectivity index (χ2v) is 6.22. The number of ether oxygens (including phenoxy) is 1. The van der Waals surface area contributed by atoms with E-state index in [1.165, 1.54) is 5.56 Å². The van der Waals surface area contributed by atoms with E-state index in [0.29, 0.717) is 13.2 Å². The van der Waals surface area contributed by atoms with Crippen molar-refractivity contribution < 1.29 is 4.74 Å². The van der Waals surface area contributed by atoms with Gasteiger partial charge < -0.3 is 20.3 Å². The number of likely N-dealkylation sites (N-methyl/N-ethyl adjacent to an activating group) is 1. The molecule has 0 heterocycles. The molecule has 0 unspecified atom stereocenters. The van der Waals surface area contributed by atoms with E-state index >= 15 is 0 Å². The molecule has 1 aromatic carbocycles. The summed E-state index contributed by atoms with van der Waals surface area (Å²) in [6.07, 6.45) is 0. The zero-order valence-electron chi connectivity index (χ0n) is 15.1. The third kappa shape index (κ3) is 8.41. The molecule has 0 aromatic heterocycles. The molecule has 0 atom stereocenters. The van der Waals surface area contributed by atoms with Crippen molar-refractivity contribution in [1.29, 1.82) is 0 Å². The van der Waals surface area contributed by atoms with Gasteiger partial charge in [-0.2, -0.15) is 0 Å². The van der Waals surface area contributed by atoms with Crippen LogP contribution < -0.4 is 15.4 Å². The molecular weight excluding hydrogens is 403 g/mol. The molecule has 5 nitrogen and oxygen atoms in total. The van der Waals surface area contributed by atoms with Crippen molar-refractivity contribution in [1.82, 2.24) is 15.5 Å². The van der Waals surface area contributed by atoms with Gasteiger partial charge in [0.1, 0.15) is 12.4 Å². The average Bonchev–Trinajstić information content (AvgIpc) is 2.48. The minimum atomic E-state index is 0. The van der Waals surface area contributed by atoms with Gasteiger partial charge >= 0.3 is 0 Å². The van der Waals surface area contributed by atoms with E-state index in [4.69, 9.17) is 4.74 Å². The Bertz CT molecular complexity index is 472. The zero-order chi connectivity index (χ0) is 16.6. The Morgan fingerprint density at radius 1 is 1.17 bits per heavy atom. The predicted molar refractivity (Wildman–Crippen MR) is 109 cm³/mol. The summed E-state index contributed by atoms with van der Waals surface area (Å²) in [5, 5.41) is 6.60. The molecule has 1 aromatic rings. The van der Waals surface area contributed by atoms with Gasteiger partial charge in [-0.05, 0) is 47.0 Å². The molecule has 6 heteroatoms. The van der Waals surface area contributed by atoms with Gasteiger partial charge in [0.2, 0.25) is 0 Å². The van der Waals surface area contributed by atoms with Crippen molar-refractivity contribution in [2.75, 3.05) is 40.8 Å². The number of aryl methyl sites for hydroxylation is 1. The maximum Gasteiger partial charge on any atom is 0.191 e. The third-order valence-electron chi connectivity index (χ3n) is 3.81. The van der Waals surface area contributed by atoms with Gasteiger partial charge in [-0.25, -0.2) is 0 Å². The van der Waals surface area contributed by atoms with Gasteiger partial charge in [0.05, 0.1) is 6.54 Å². The van der Waals surface area contributed by atoms with E-state index < -0.39 is 0 Å². The normalized spacial score (nSPS) is 11.9. The van der Waals surface area contributed by atoms with Crippen LogP contribution in [-0.2, 0) is 0 Å². The first-order chi connectivity index (χ1) is 10.3. The highest BCUT2D eigenvalue weighted by Crippen LogP contribution is 2.10. The van der Waals surface area contributed by atoms with Crippen molar-refractivity contribution in [3.05, 3.63) is 29.8 Å². The van der Waals surface area contributed by atoms with Crippen LogP contribution in [0, 0.1) is 6.92 Å². The molecule has 0 aliphatic heterocycles. The highest BCUT2D eigenvalue weighted by Gasteiger charge is 2.20. The Morgan fingerprint density at radius 2 is 1.78 bits per heavy atom. The predicted octanol–water partition coefficient (Wildman–Crippen LogP) is 2.50. The first-order valence-electron chi connectivity index (χ1n) is 7.66. The minimum Gasteiger partial charge on any atom is -0.492 e. The number of halogens is 1. The van der Waals surface area contributed by atoms with Gasteiger partial charge in [-0.15, -0.1) is 24.0 Å². The van der Waals surface area contributed by atoms with Crippen LogP contribution in [0.3, 0.4) is 0 Å². The smallest absolute Gasteiger partial charge is 0.191 e. The van der Waals surface area contributed by atoms with E-state index in [1.54, 1.807) is 7.05 Å². The molecule has 132 valence electrons. The number of aliphatic imine (C=N–C) groups is 1. The maximum atomic E-state index is 5.69. The van der Waals surface area contributed by atoms with Crippen molar-refractivity contribution in [3.63, 3.8) is 0 Å². The summed E-state index contributed by atoms with van der Waals surface area (Å²) in [4.78, 5) is 6.42. The van der Waals surface area contributed by atoms with E-state index in [1.807, 2.05) is 24.3 Å². The molecule has 0 bridgehead atoms. The standard InChI is InChI=1S/C17H30N4O.HI/c1-14-7-9-15(10-8-14)22-12-11-19-16(18-4)20-13-17(2,3)21(5)6;/h7-10H,11-13H2,1-6H3,(H2,18,19,20);1H. The fraction of sp³-hybridized carbons (Fsp3) is 0.588. The monoisotopic (exact) mass is 434 g/mol. The molecule has 0 radical (unpaired) electrons. The lowest BCUT2D eigenvalue weighted by Crippen LogP contribution is -2.51. The molecule has 0 aliphatic carbocycles. The lowest BCUT2D eigenvalue weighted by atomic mass is 10.0. The van der Waals surface area contributed by atoms with Crippen LogP contribution in [0.25, 0.3) is 0 Å². The van der Waals surface area contributed by atoms with Crippen LogP contribution in [0.2, 0.25) is 0 Å². The lowest BCUT2D eigenvalue weighted by Gasteiger charge is -2.33. The Morgan fingerprint density at radius 3 is 2.30 bits per heavy atom. The van der Waals surface area contributed by atoms with Crippen molar-refractivity contribution in [2.24, 2.45) is 4.99 Å². The summed E-state index contributed by atoms with van der Waals surface area (Å²) in [7, 11) is 5.93. The van der Waals surface area contributed by atoms with Gasteiger partial charge in [0.25, 0.3) is 0 Å². The first kappa shape index (κ1) is 22.0.